The number of ether oxygens (including phenoxy) is 1. The number of aliphatic hydroxyl groups is 1. The average molecular weight is 328 g/mol. The average Bonchev–Trinajstić information content (AvgIpc) is 2.59. The number of anilines is 1. The Hall–Kier alpha value is -2.86. The van der Waals surface area contributed by atoms with Gasteiger partial charge in [0.05, 0.1) is 6.61 Å². The molecule has 0 spiro atoms. The van der Waals surface area contributed by atoms with Crippen LogP contribution in [0.5, 0.6) is 5.75 Å². The zero-order chi connectivity index (χ0) is 17.5. The Balaban J connectivity index is 1.97. The van der Waals surface area contributed by atoms with Gasteiger partial charge in [0.15, 0.2) is 6.61 Å². The molecule has 0 fully saturated rings. The third-order valence-electron chi connectivity index (χ3n) is 3.30. The van der Waals surface area contributed by atoms with E-state index >= 15 is 0 Å². The Morgan fingerprint density at radius 3 is 2.58 bits per heavy atom. The predicted molar refractivity (Wildman–Crippen MR) is 90.9 cm³/mol. The van der Waals surface area contributed by atoms with E-state index in [9.17, 15) is 14.7 Å². The summed E-state index contributed by atoms with van der Waals surface area (Å²) >= 11 is 0. The fourth-order valence-electron chi connectivity index (χ4n) is 2.10. The number of carbonyl (C=O) groups excluding carboxylic acids is 2. The van der Waals surface area contributed by atoms with E-state index in [0.29, 0.717) is 22.6 Å². The van der Waals surface area contributed by atoms with Crippen molar-refractivity contribution in [2.75, 3.05) is 26.0 Å². The zero-order valence-electron chi connectivity index (χ0n) is 13.7. The summed E-state index contributed by atoms with van der Waals surface area (Å²) in [4.78, 5) is 25.4. The monoisotopic (exact) mass is 328 g/mol. The molecule has 6 nitrogen and oxygen atoms in total. The van der Waals surface area contributed by atoms with Crippen molar-refractivity contribution in [3.8, 4) is 5.75 Å². The molecule has 2 aromatic carbocycles. The summed E-state index contributed by atoms with van der Waals surface area (Å²) in [5, 5.41) is 11.9. The minimum Gasteiger partial charge on any atom is -0.483 e. The maximum atomic E-state index is 12.0. The minimum absolute atomic E-state index is 0.140. The van der Waals surface area contributed by atoms with E-state index in [1.54, 1.807) is 62.6 Å². The summed E-state index contributed by atoms with van der Waals surface area (Å²) in [6.07, 6.45) is 0. The van der Waals surface area contributed by atoms with Gasteiger partial charge in [0.1, 0.15) is 5.75 Å². The highest BCUT2D eigenvalue weighted by Gasteiger charge is 2.10. The van der Waals surface area contributed by atoms with Gasteiger partial charge in [0.25, 0.3) is 11.8 Å². The highest BCUT2D eigenvalue weighted by Crippen LogP contribution is 2.18. The molecule has 2 N–H and O–H groups in total. The molecule has 0 aliphatic carbocycles. The smallest absolute Gasteiger partial charge is 0.262 e. The van der Waals surface area contributed by atoms with E-state index in [1.807, 2.05) is 0 Å². The second-order valence-corrected chi connectivity index (χ2v) is 5.38. The fraction of sp³-hybridized carbons (Fsp3) is 0.222. The molecule has 0 aliphatic heterocycles. The van der Waals surface area contributed by atoms with Crippen molar-refractivity contribution in [3.63, 3.8) is 0 Å². The molecule has 0 atom stereocenters. The number of para-hydroxylation sites is 1. The molecule has 0 saturated heterocycles. The van der Waals surface area contributed by atoms with Gasteiger partial charge in [-0.05, 0) is 24.3 Å². The van der Waals surface area contributed by atoms with Crippen LogP contribution in [0.2, 0.25) is 0 Å². The SMILES string of the molecule is CN(C)C(=O)c1cccc(NC(=O)COc2ccccc2CO)c1. The minimum atomic E-state index is -0.350. The van der Waals surface area contributed by atoms with Crippen molar-refractivity contribution in [2.45, 2.75) is 6.61 Å². The van der Waals surface area contributed by atoms with Gasteiger partial charge in [-0.2, -0.15) is 0 Å². The van der Waals surface area contributed by atoms with Crippen LogP contribution in [0.15, 0.2) is 48.5 Å². The first-order valence-electron chi connectivity index (χ1n) is 7.44. The van der Waals surface area contributed by atoms with Crippen LogP contribution in [-0.4, -0.2) is 42.5 Å². The van der Waals surface area contributed by atoms with Crippen molar-refractivity contribution in [2.24, 2.45) is 0 Å². The summed E-state index contributed by atoms with van der Waals surface area (Å²) in [6, 6.07) is 13.7. The maximum Gasteiger partial charge on any atom is 0.262 e. The molecule has 24 heavy (non-hydrogen) atoms. The number of nitrogens with zero attached hydrogens (tertiary/aromatic N) is 1. The van der Waals surface area contributed by atoms with Gasteiger partial charge in [-0.1, -0.05) is 24.3 Å². The number of hydrogen-bond donors (Lipinski definition) is 2. The van der Waals surface area contributed by atoms with Crippen molar-refractivity contribution in [3.05, 3.63) is 59.7 Å². The summed E-state index contributed by atoms with van der Waals surface area (Å²) in [7, 11) is 3.33. The van der Waals surface area contributed by atoms with Crippen LogP contribution >= 0.6 is 0 Å². The summed E-state index contributed by atoms with van der Waals surface area (Å²) in [5.74, 6) is -0.0249. The van der Waals surface area contributed by atoms with Crippen LogP contribution in [-0.2, 0) is 11.4 Å². The Morgan fingerprint density at radius 2 is 1.88 bits per heavy atom. The van der Waals surface area contributed by atoms with Crippen LogP contribution < -0.4 is 10.1 Å². The molecule has 0 saturated carbocycles. The van der Waals surface area contributed by atoms with Crippen LogP contribution in [0.4, 0.5) is 5.69 Å². The van der Waals surface area contributed by atoms with E-state index in [0.717, 1.165) is 0 Å². The number of carbonyl (C=O) groups is 2. The lowest BCUT2D eigenvalue weighted by atomic mass is 10.2. The van der Waals surface area contributed by atoms with Crippen molar-refractivity contribution in [1.29, 1.82) is 0 Å². The van der Waals surface area contributed by atoms with Gasteiger partial charge < -0.3 is 20.1 Å². The molecule has 0 radical (unpaired) electrons. The molecule has 0 aliphatic rings. The number of benzene rings is 2. The third-order valence-corrected chi connectivity index (χ3v) is 3.30. The van der Waals surface area contributed by atoms with Crippen molar-refractivity contribution in [1.82, 2.24) is 4.90 Å². The number of amides is 2. The van der Waals surface area contributed by atoms with Gasteiger partial charge >= 0.3 is 0 Å². The van der Waals surface area contributed by atoms with Crippen LogP contribution in [0.1, 0.15) is 15.9 Å². The number of aliphatic hydroxyl groups excluding tert-OH is 1. The topological polar surface area (TPSA) is 78.9 Å². The Bertz CT molecular complexity index is 728. The summed E-state index contributed by atoms with van der Waals surface area (Å²) in [6.45, 7) is -0.352. The highest BCUT2D eigenvalue weighted by atomic mass is 16.5. The molecule has 2 rings (SSSR count). The molecule has 6 heteroatoms. The van der Waals surface area contributed by atoms with Gasteiger partial charge in [-0.25, -0.2) is 0 Å². The van der Waals surface area contributed by atoms with E-state index in [2.05, 4.69) is 5.32 Å². The lowest BCUT2D eigenvalue weighted by molar-refractivity contribution is -0.118. The molecule has 0 unspecified atom stereocenters. The number of hydrogen-bond acceptors (Lipinski definition) is 4. The van der Waals surface area contributed by atoms with Gasteiger partial charge in [-0.3, -0.25) is 9.59 Å². The predicted octanol–water partition coefficient (Wildman–Crippen LogP) is 1.90. The fourth-order valence-corrected chi connectivity index (χ4v) is 2.10. The van der Waals surface area contributed by atoms with Crippen LogP contribution in [0.25, 0.3) is 0 Å². The van der Waals surface area contributed by atoms with E-state index in [-0.39, 0.29) is 25.0 Å². The lowest BCUT2D eigenvalue weighted by Gasteiger charge is -2.12. The summed E-state index contributed by atoms with van der Waals surface area (Å²) in [5.41, 5.74) is 1.62. The van der Waals surface area contributed by atoms with Gasteiger partial charge in [-0.15, -0.1) is 0 Å². The van der Waals surface area contributed by atoms with Crippen molar-refractivity contribution >= 4 is 17.5 Å². The summed E-state index contributed by atoms with van der Waals surface area (Å²) < 4.78 is 5.43. The Kier molecular flexibility index (Phi) is 5.92. The Labute approximate surface area is 140 Å². The van der Waals surface area contributed by atoms with E-state index in [4.69, 9.17) is 4.74 Å². The van der Waals surface area contributed by atoms with E-state index < -0.39 is 0 Å². The molecule has 0 bridgehead atoms. The molecule has 126 valence electrons. The number of nitrogens with one attached hydrogen (secondary N) is 1. The molecule has 2 amide bonds. The zero-order valence-corrected chi connectivity index (χ0v) is 13.7. The standard InChI is InChI=1S/C18H20N2O4/c1-20(2)18(23)13-7-5-8-15(10-13)19-17(22)12-24-16-9-4-3-6-14(16)11-21/h3-10,21H,11-12H2,1-2H3,(H,19,22). The lowest BCUT2D eigenvalue weighted by Crippen LogP contribution is -2.23. The second-order valence-electron chi connectivity index (χ2n) is 5.38. The quantitative estimate of drug-likeness (QED) is 0.849. The van der Waals surface area contributed by atoms with Gasteiger partial charge in [0.2, 0.25) is 0 Å². The third kappa shape index (κ3) is 4.57. The van der Waals surface area contributed by atoms with Crippen LogP contribution in [0.3, 0.4) is 0 Å². The van der Waals surface area contributed by atoms with E-state index in [1.165, 1.54) is 4.90 Å². The van der Waals surface area contributed by atoms with Crippen LogP contribution in [0, 0.1) is 0 Å². The maximum absolute atomic E-state index is 12.0. The normalized spacial score (nSPS) is 10.1. The largest absolute Gasteiger partial charge is 0.483 e. The first-order chi connectivity index (χ1) is 11.5. The second kappa shape index (κ2) is 8.12. The first-order valence-corrected chi connectivity index (χ1v) is 7.44. The molecule has 0 aromatic heterocycles. The Morgan fingerprint density at radius 1 is 1.12 bits per heavy atom. The molecular formula is C18H20N2O4. The number of rotatable bonds is 6. The van der Waals surface area contributed by atoms with Gasteiger partial charge in [0, 0.05) is 30.9 Å². The highest BCUT2D eigenvalue weighted by molar-refractivity contribution is 5.97. The molecule has 2 aromatic rings. The first kappa shape index (κ1) is 17.5. The van der Waals surface area contributed by atoms with Crippen molar-refractivity contribution < 1.29 is 19.4 Å². The molecule has 0 heterocycles. The molecular weight excluding hydrogens is 308 g/mol.